The average molecular weight is 404 g/mol. The Hall–Kier alpha value is -3.65. The van der Waals surface area contributed by atoms with Crippen molar-refractivity contribution in [1.29, 1.82) is 0 Å². The standard InChI is InChI=1S/C21H16N4O3S/c1-12-10-29-21(22-12)18-17(13-7-8-15-16(9-13)28-11-27-15)24-19(25-18)20(26)23-14-5-3-2-4-6-14/h2-10H,11H2,1H3,(H,23,26)(H,24,25). The monoisotopic (exact) mass is 404 g/mol. The van der Waals surface area contributed by atoms with Crippen molar-refractivity contribution in [3.05, 3.63) is 65.4 Å². The molecule has 2 aromatic carbocycles. The molecule has 5 rings (SSSR count). The van der Waals surface area contributed by atoms with Crippen molar-refractivity contribution < 1.29 is 14.3 Å². The summed E-state index contributed by atoms with van der Waals surface area (Å²) >= 11 is 1.50. The third kappa shape index (κ3) is 3.34. The van der Waals surface area contributed by atoms with Crippen LogP contribution >= 0.6 is 11.3 Å². The van der Waals surface area contributed by atoms with E-state index >= 15 is 0 Å². The van der Waals surface area contributed by atoms with Crippen LogP contribution in [0.1, 0.15) is 16.3 Å². The smallest absolute Gasteiger partial charge is 0.291 e. The minimum atomic E-state index is -0.322. The molecule has 0 saturated heterocycles. The first kappa shape index (κ1) is 17.4. The highest BCUT2D eigenvalue weighted by Crippen LogP contribution is 2.38. The summed E-state index contributed by atoms with van der Waals surface area (Å²) in [5.41, 5.74) is 3.75. The number of carbonyl (C=O) groups excluding carboxylic acids is 1. The van der Waals surface area contributed by atoms with Crippen LogP contribution in [0.3, 0.4) is 0 Å². The van der Waals surface area contributed by atoms with Crippen LogP contribution < -0.4 is 14.8 Å². The maximum absolute atomic E-state index is 12.8. The first-order chi connectivity index (χ1) is 14.2. The van der Waals surface area contributed by atoms with Crippen molar-refractivity contribution in [3.8, 4) is 33.5 Å². The summed E-state index contributed by atoms with van der Waals surface area (Å²) < 4.78 is 10.9. The van der Waals surface area contributed by atoms with Crippen LogP contribution in [0.2, 0.25) is 0 Å². The molecule has 3 heterocycles. The number of anilines is 1. The Morgan fingerprint density at radius 2 is 1.93 bits per heavy atom. The van der Waals surface area contributed by atoms with Gasteiger partial charge in [-0.15, -0.1) is 11.3 Å². The second kappa shape index (κ2) is 7.06. The van der Waals surface area contributed by atoms with Crippen LogP contribution in [0.25, 0.3) is 22.0 Å². The first-order valence-electron chi connectivity index (χ1n) is 8.96. The molecular formula is C21H16N4O3S. The maximum Gasteiger partial charge on any atom is 0.291 e. The van der Waals surface area contributed by atoms with Gasteiger partial charge in [-0.05, 0) is 37.3 Å². The lowest BCUT2D eigenvalue weighted by Gasteiger charge is -2.02. The lowest BCUT2D eigenvalue weighted by molar-refractivity contribution is 0.101. The van der Waals surface area contributed by atoms with Gasteiger partial charge in [-0.1, -0.05) is 18.2 Å². The molecule has 0 radical (unpaired) electrons. The molecule has 0 spiro atoms. The van der Waals surface area contributed by atoms with E-state index < -0.39 is 0 Å². The van der Waals surface area contributed by atoms with Crippen LogP contribution in [0, 0.1) is 6.92 Å². The molecule has 4 aromatic rings. The predicted octanol–water partition coefficient (Wildman–Crippen LogP) is 4.49. The normalized spacial score (nSPS) is 12.2. The molecule has 0 aliphatic carbocycles. The van der Waals surface area contributed by atoms with Gasteiger partial charge in [-0.3, -0.25) is 4.79 Å². The minimum Gasteiger partial charge on any atom is -0.454 e. The quantitative estimate of drug-likeness (QED) is 0.523. The summed E-state index contributed by atoms with van der Waals surface area (Å²) in [6.07, 6.45) is 0. The largest absolute Gasteiger partial charge is 0.454 e. The van der Waals surface area contributed by atoms with Crippen molar-refractivity contribution in [2.75, 3.05) is 12.1 Å². The predicted molar refractivity (Wildman–Crippen MR) is 110 cm³/mol. The van der Waals surface area contributed by atoms with Gasteiger partial charge in [-0.25, -0.2) is 9.97 Å². The Kier molecular flexibility index (Phi) is 4.25. The third-order valence-corrected chi connectivity index (χ3v) is 5.41. The van der Waals surface area contributed by atoms with Crippen LogP contribution in [0.5, 0.6) is 11.5 Å². The number of ether oxygens (including phenoxy) is 2. The molecule has 1 aliphatic heterocycles. The van der Waals surface area contributed by atoms with Gasteiger partial charge in [-0.2, -0.15) is 0 Å². The highest BCUT2D eigenvalue weighted by molar-refractivity contribution is 7.13. The first-order valence-corrected chi connectivity index (χ1v) is 9.84. The van der Waals surface area contributed by atoms with E-state index in [0.29, 0.717) is 28.6 Å². The zero-order chi connectivity index (χ0) is 19.8. The molecular weight excluding hydrogens is 388 g/mol. The summed E-state index contributed by atoms with van der Waals surface area (Å²) in [6.45, 7) is 2.13. The number of H-pyrrole nitrogens is 1. The molecule has 144 valence electrons. The maximum atomic E-state index is 12.8. The molecule has 7 nitrogen and oxygen atoms in total. The highest BCUT2D eigenvalue weighted by Gasteiger charge is 2.22. The number of rotatable bonds is 4. The number of nitrogens with zero attached hydrogens (tertiary/aromatic N) is 2. The fourth-order valence-corrected chi connectivity index (χ4v) is 3.87. The number of nitrogens with one attached hydrogen (secondary N) is 2. The molecule has 0 saturated carbocycles. The summed E-state index contributed by atoms with van der Waals surface area (Å²) in [7, 11) is 0. The Bertz CT molecular complexity index is 1200. The number of amides is 1. The fourth-order valence-electron chi connectivity index (χ4n) is 3.07. The molecule has 0 atom stereocenters. The number of aromatic amines is 1. The molecule has 0 unspecified atom stereocenters. The van der Waals surface area contributed by atoms with E-state index in [4.69, 9.17) is 9.47 Å². The van der Waals surface area contributed by atoms with Gasteiger partial charge >= 0.3 is 0 Å². The van der Waals surface area contributed by atoms with E-state index in [1.807, 2.05) is 60.8 Å². The molecule has 2 N–H and O–H groups in total. The summed E-state index contributed by atoms with van der Waals surface area (Å²) in [5.74, 6) is 1.24. The molecule has 2 aromatic heterocycles. The SMILES string of the molecule is Cc1csc(-c2[nH]c(C(=O)Nc3ccccc3)nc2-c2ccc3c(c2)OCO3)n1. The lowest BCUT2D eigenvalue weighted by Crippen LogP contribution is -2.13. The van der Waals surface area contributed by atoms with Crippen LogP contribution in [0.15, 0.2) is 53.9 Å². The lowest BCUT2D eigenvalue weighted by atomic mass is 10.1. The van der Waals surface area contributed by atoms with Crippen molar-refractivity contribution in [1.82, 2.24) is 15.0 Å². The zero-order valence-electron chi connectivity index (χ0n) is 15.4. The fraction of sp³-hybridized carbons (Fsp3) is 0.0952. The van der Waals surface area contributed by atoms with E-state index in [9.17, 15) is 4.79 Å². The van der Waals surface area contributed by atoms with Crippen LogP contribution in [0.4, 0.5) is 5.69 Å². The summed E-state index contributed by atoms with van der Waals surface area (Å²) in [6, 6.07) is 14.9. The molecule has 8 heteroatoms. The molecule has 0 bridgehead atoms. The topological polar surface area (TPSA) is 89.1 Å². The number of carbonyl (C=O) groups is 1. The number of imidazole rings is 1. The van der Waals surface area contributed by atoms with Gasteiger partial charge in [0.05, 0.1) is 5.69 Å². The summed E-state index contributed by atoms with van der Waals surface area (Å²) in [5, 5.41) is 5.58. The van der Waals surface area contributed by atoms with Crippen LogP contribution in [-0.2, 0) is 0 Å². The van der Waals surface area contributed by atoms with Gasteiger partial charge in [0, 0.05) is 22.3 Å². The van der Waals surface area contributed by atoms with Crippen molar-refractivity contribution in [2.45, 2.75) is 6.92 Å². The second-order valence-corrected chi connectivity index (χ2v) is 7.35. The van der Waals surface area contributed by atoms with Gasteiger partial charge in [0.15, 0.2) is 17.3 Å². The van der Waals surface area contributed by atoms with Crippen molar-refractivity contribution >= 4 is 22.9 Å². The number of aryl methyl sites for hydroxylation is 1. The Morgan fingerprint density at radius 3 is 2.72 bits per heavy atom. The van der Waals surface area contributed by atoms with Gasteiger partial charge in [0.1, 0.15) is 10.7 Å². The number of hydrogen-bond donors (Lipinski definition) is 2. The minimum absolute atomic E-state index is 0.197. The molecule has 1 aliphatic rings. The van der Waals surface area contributed by atoms with E-state index in [2.05, 4.69) is 20.3 Å². The van der Waals surface area contributed by atoms with Gasteiger partial charge in [0.2, 0.25) is 6.79 Å². The van der Waals surface area contributed by atoms with Gasteiger partial charge in [0.25, 0.3) is 5.91 Å². The number of para-hydroxylation sites is 1. The second-order valence-electron chi connectivity index (χ2n) is 6.49. The molecule has 29 heavy (non-hydrogen) atoms. The van der Waals surface area contributed by atoms with Gasteiger partial charge < -0.3 is 19.8 Å². The van der Waals surface area contributed by atoms with Crippen molar-refractivity contribution in [3.63, 3.8) is 0 Å². The summed E-state index contributed by atoms with van der Waals surface area (Å²) in [4.78, 5) is 25.1. The third-order valence-electron chi connectivity index (χ3n) is 4.43. The number of thiazole rings is 1. The Balaban J connectivity index is 1.57. The van der Waals surface area contributed by atoms with Crippen molar-refractivity contribution in [2.24, 2.45) is 0 Å². The molecule has 0 fully saturated rings. The zero-order valence-corrected chi connectivity index (χ0v) is 16.2. The average Bonchev–Trinajstić information content (AvgIpc) is 3.47. The van der Waals surface area contributed by atoms with E-state index in [1.165, 1.54) is 11.3 Å². The van der Waals surface area contributed by atoms with E-state index in [1.54, 1.807) is 0 Å². The number of benzene rings is 2. The number of aromatic nitrogens is 3. The van der Waals surface area contributed by atoms with E-state index in [0.717, 1.165) is 16.3 Å². The Labute approximate surface area is 170 Å². The Morgan fingerprint density at radius 1 is 1.10 bits per heavy atom. The van der Waals surface area contributed by atoms with E-state index in [-0.39, 0.29) is 18.5 Å². The molecule has 1 amide bonds. The number of fused-ring (bicyclic) bond motifs is 1. The van der Waals surface area contributed by atoms with Crippen LogP contribution in [-0.4, -0.2) is 27.7 Å². The number of hydrogen-bond acceptors (Lipinski definition) is 6. The highest BCUT2D eigenvalue weighted by atomic mass is 32.1.